The molecule has 0 saturated heterocycles. The average Bonchev–Trinajstić information content (AvgIpc) is 2.41. The molecule has 0 heterocycles. The number of benzene rings is 1. The molecule has 1 rings (SSSR count). The number of nitrogens with one attached hydrogen (secondary N) is 1. The highest BCUT2D eigenvalue weighted by Crippen LogP contribution is 2.18. The SMILES string of the molecule is CCCCCCCOc1ccccc1CNCC. The minimum atomic E-state index is 0.840. The van der Waals surface area contributed by atoms with Gasteiger partial charge in [0.05, 0.1) is 6.61 Å². The van der Waals surface area contributed by atoms with E-state index < -0.39 is 0 Å². The molecule has 0 amide bonds. The van der Waals surface area contributed by atoms with Crippen LogP contribution in [0.15, 0.2) is 24.3 Å². The van der Waals surface area contributed by atoms with Crippen LogP contribution in [0.3, 0.4) is 0 Å². The molecule has 0 aromatic heterocycles. The van der Waals surface area contributed by atoms with Crippen molar-refractivity contribution in [3.8, 4) is 5.75 Å². The number of unbranched alkanes of at least 4 members (excludes halogenated alkanes) is 4. The molecule has 2 nitrogen and oxygen atoms in total. The second-order valence-corrected chi connectivity index (χ2v) is 4.65. The van der Waals surface area contributed by atoms with Crippen LogP contribution in [0, 0.1) is 0 Å². The molecule has 0 bridgehead atoms. The molecule has 1 aromatic rings. The van der Waals surface area contributed by atoms with Crippen LogP contribution in [0.1, 0.15) is 51.5 Å². The third kappa shape index (κ3) is 6.06. The van der Waals surface area contributed by atoms with Crippen LogP contribution in [0.4, 0.5) is 0 Å². The Balaban J connectivity index is 2.27. The molecular weight excluding hydrogens is 222 g/mol. The Morgan fingerprint density at radius 1 is 1.00 bits per heavy atom. The average molecular weight is 249 g/mol. The van der Waals surface area contributed by atoms with Gasteiger partial charge in [-0.15, -0.1) is 0 Å². The van der Waals surface area contributed by atoms with E-state index in [2.05, 4.69) is 37.4 Å². The molecule has 0 aliphatic carbocycles. The fourth-order valence-electron chi connectivity index (χ4n) is 1.94. The number of ether oxygens (including phenoxy) is 1. The van der Waals surface area contributed by atoms with E-state index >= 15 is 0 Å². The quantitative estimate of drug-likeness (QED) is 0.629. The summed E-state index contributed by atoms with van der Waals surface area (Å²) >= 11 is 0. The van der Waals surface area contributed by atoms with Crippen molar-refractivity contribution < 1.29 is 4.74 Å². The summed E-state index contributed by atoms with van der Waals surface area (Å²) in [6.07, 6.45) is 6.42. The van der Waals surface area contributed by atoms with Crippen LogP contribution in [-0.2, 0) is 6.54 Å². The normalized spacial score (nSPS) is 10.6. The smallest absolute Gasteiger partial charge is 0.123 e. The van der Waals surface area contributed by atoms with Crippen LogP contribution in [-0.4, -0.2) is 13.2 Å². The molecule has 18 heavy (non-hydrogen) atoms. The molecule has 2 heteroatoms. The molecule has 0 fully saturated rings. The Labute approximate surface area is 112 Å². The van der Waals surface area contributed by atoms with Gasteiger partial charge in [0.25, 0.3) is 0 Å². The maximum atomic E-state index is 5.87. The second-order valence-electron chi connectivity index (χ2n) is 4.65. The van der Waals surface area contributed by atoms with Crippen molar-refractivity contribution in [2.75, 3.05) is 13.2 Å². The first-order valence-corrected chi connectivity index (χ1v) is 7.30. The maximum absolute atomic E-state index is 5.87. The van der Waals surface area contributed by atoms with Gasteiger partial charge in [0, 0.05) is 12.1 Å². The summed E-state index contributed by atoms with van der Waals surface area (Å²) in [5, 5.41) is 3.34. The van der Waals surface area contributed by atoms with E-state index in [0.29, 0.717) is 0 Å². The molecule has 0 radical (unpaired) electrons. The van der Waals surface area contributed by atoms with Crippen molar-refractivity contribution in [2.24, 2.45) is 0 Å². The summed E-state index contributed by atoms with van der Waals surface area (Å²) in [6.45, 7) is 7.09. The molecule has 102 valence electrons. The third-order valence-electron chi connectivity index (χ3n) is 3.04. The lowest BCUT2D eigenvalue weighted by Gasteiger charge is -2.11. The topological polar surface area (TPSA) is 21.3 Å². The molecular formula is C16H27NO. The monoisotopic (exact) mass is 249 g/mol. The van der Waals surface area contributed by atoms with Gasteiger partial charge in [0.1, 0.15) is 5.75 Å². The lowest BCUT2D eigenvalue weighted by atomic mass is 10.1. The molecule has 0 saturated carbocycles. The highest BCUT2D eigenvalue weighted by Gasteiger charge is 2.01. The third-order valence-corrected chi connectivity index (χ3v) is 3.04. The minimum Gasteiger partial charge on any atom is -0.493 e. The predicted molar refractivity (Wildman–Crippen MR) is 78.1 cm³/mol. The van der Waals surface area contributed by atoms with Gasteiger partial charge >= 0.3 is 0 Å². The van der Waals surface area contributed by atoms with Gasteiger partial charge in [-0.3, -0.25) is 0 Å². The van der Waals surface area contributed by atoms with Gasteiger partial charge in [-0.25, -0.2) is 0 Å². The highest BCUT2D eigenvalue weighted by atomic mass is 16.5. The zero-order chi connectivity index (χ0) is 13.1. The van der Waals surface area contributed by atoms with Gasteiger partial charge < -0.3 is 10.1 Å². The van der Waals surface area contributed by atoms with Crippen LogP contribution in [0.25, 0.3) is 0 Å². The van der Waals surface area contributed by atoms with E-state index in [1.807, 2.05) is 6.07 Å². The number of hydrogen-bond donors (Lipinski definition) is 1. The summed E-state index contributed by atoms with van der Waals surface area (Å²) in [7, 11) is 0. The standard InChI is InChI=1S/C16H27NO/c1-3-5-6-7-10-13-18-16-12-9-8-11-15(16)14-17-4-2/h8-9,11-12,17H,3-7,10,13-14H2,1-2H3. The second kappa shape index (κ2) is 9.95. The Morgan fingerprint density at radius 3 is 2.56 bits per heavy atom. The van der Waals surface area contributed by atoms with Gasteiger partial charge in [-0.05, 0) is 19.0 Å². The minimum absolute atomic E-state index is 0.840. The Kier molecular flexibility index (Phi) is 8.32. The van der Waals surface area contributed by atoms with Crippen molar-refractivity contribution >= 4 is 0 Å². The van der Waals surface area contributed by atoms with Crippen LogP contribution >= 0.6 is 0 Å². The Hall–Kier alpha value is -1.02. The first-order chi connectivity index (χ1) is 8.88. The van der Waals surface area contributed by atoms with Crippen LogP contribution in [0.2, 0.25) is 0 Å². The van der Waals surface area contributed by atoms with Crippen molar-refractivity contribution in [1.82, 2.24) is 5.32 Å². The van der Waals surface area contributed by atoms with E-state index in [-0.39, 0.29) is 0 Å². The number of para-hydroxylation sites is 1. The maximum Gasteiger partial charge on any atom is 0.123 e. The summed E-state index contributed by atoms with van der Waals surface area (Å²) in [6, 6.07) is 8.32. The summed E-state index contributed by atoms with van der Waals surface area (Å²) in [5.74, 6) is 1.04. The summed E-state index contributed by atoms with van der Waals surface area (Å²) < 4.78 is 5.87. The number of hydrogen-bond acceptors (Lipinski definition) is 2. The fourth-order valence-corrected chi connectivity index (χ4v) is 1.94. The zero-order valence-electron chi connectivity index (χ0n) is 11.9. The largest absolute Gasteiger partial charge is 0.493 e. The number of rotatable bonds is 10. The van der Waals surface area contributed by atoms with E-state index in [1.54, 1.807) is 0 Å². The molecule has 0 atom stereocenters. The zero-order valence-corrected chi connectivity index (χ0v) is 11.9. The van der Waals surface area contributed by atoms with E-state index in [9.17, 15) is 0 Å². The van der Waals surface area contributed by atoms with Gasteiger partial charge in [-0.2, -0.15) is 0 Å². The van der Waals surface area contributed by atoms with E-state index in [0.717, 1.165) is 31.9 Å². The predicted octanol–water partition coefficient (Wildman–Crippen LogP) is 4.15. The fraction of sp³-hybridized carbons (Fsp3) is 0.625. The Morgan fingerprint density at radius 2 is 1.78 bits per heavy atom. The van der Waals surface area contributed by atoms with Crippen molar-refractivity contribution in [1.29, 1.82) is 0 Å². The molecule has 0 aliphatic rings. The van der Waals surface area contributed by atoms with Crippen LogP contribution in [0.5, 0.6) is 5.75 Å². The van der Waals surface area contributed by atoms with Crippen molar-refractivity contribution in [3.63, 3.8) is 0 Å². The molecule has 0 spiro atoms. The molecule has 0 aliphatic heterocycles. The summed E-state index contributed by atoms with van der Waals surface area (Å²) in [4.78, 5) is 0. The van der Waals surface area contributed by atoms with Crippen molar-refractivity contribution in [3.05, 3.63) is 29.8 Å². The van der Waals surface area contributed by atoms with Crippen molar-refractivity contribution in [2.45, 2.75) is 52.5 Å². The highest BCUT2D eigenvalue weighted by molar-refractivity contribution is 5.33. The Bertz CT molecular complexity index is 312. The van der Waals surface area contributed by atoms with Gasteiger partial charge in [0.15, 0.2) is 0 Å². The molecule has 1 N–H and O–H groups in total. The van der Waals surface area contributed by atoms with E-state index in [4.69, 9.17) is 4.74 Å². The lowest BCUT2D eigenvalue weighted by molar-refractivity contribution is 0.301. The first-order valence-electron chi connectivity index (χ1n) is 7.30. The first kappa shape index (κ1) is 15.0. The summed E-state index contributed by atoms with van der Waals surface area (Å²) in [5.41, 5.74) is 1.26. The van der Waals surface area contributed by atoms with E-state index in [1.165, 1.54) is 31.2 Å². The van der Waals surface area contributed by atoms with Gasteiger partial charge in [-0.1, -0.05) is 57.7 Å². The van der Waals surface area contributed by atoms with Gasteiger partial charge in [0.2, 0.25) is 0 Å². The lowest BCUT2D eigenvalue weighted by Crippen LogP contribution is -2.13. The molecule has 1 aromatic carbocycles. The molecule has 0 unspecified atom stereocenters. The van der Waals surface area contributed by atoms with Crippen LogP contribution < -0.4 is 10.1 Å².